The minimum atomic E-state index is -1.50. The average molecular weight is 717 g/mol. The highest BCUT2D eigenvalue weighted by Crippen LogP contribution is 2.26. The number of likely N-dealkylation sites (tertiary alicyclic amines) is 1. The lowest BCUT2D eigenvalue weighted by atomic mass is 9.87. The highest BCUT2D eigenvalue weighted by molar-refractivity contribution is 6.02. The summed E-state index contributed by atoms with van der Waals surface area (Å²) in [5.74, 6) is -3.18. The second-order valence-electron chi connectivity index (χ2n) is 14.1. The third kappa shape index (κ3) is 19.7. The van der Waals surface area contributed by atoms with E-state index in [4.69, 9.17) is 23.7 Å². The van der Waals surface area contributed by atoms with Crippen molar-refractivity contribution in [2.45, 2.75) is 71.4 Å². The monoisotopic (exact) mass is 716 g/mol. The Bertz CT molecular complexity index is 1060. The van der Waals surface area contributed by atoms with E-state index in [1.165, 1.54) is 13.8 Å². The zero-order valence-electron chi connectivity index (χ0n) is 31.2. The Hall–Kier alpha value is -3.34. The van der Waals surface area contributed by atoms with Gasteiger partial charge < -0.3 is 53.8 Å². The van der Waals surface area contributed by atoms with Crippen molar-refractivity contribution in [3.05, 3.63) is 0 Å². The second-order valence-corrected chi connectivity index (χ2v) is 14.1. The molecular formula is C34H62N5O11+. The Morgan fingerprint density at radius 2 is 1.42 bits per heavy atom. The van der Waals surface area contributed by atoms with Gasteiger partial charge in [-0.15, -0.1) is 0 Å². The van der Waals surface area contributed by atoms with Gasteiger partial charge in [0.1, 0.15) is 11.9 Å². The number of nitrogens with zero attached hydrogens (tertiary/aromatic N) is 2. The summed E-state index contributed by atoms with van der Waals surface area (Å²) in [6, 6.07) is -0.781. The normalized spacial score (nSPS) is 14.5. The van der Waals surface area contributed by atoms with Gasteiger partial charge >= 0.3 is 12.1 Å². The topological polar surface area (TPSA) is 188 Å². The maximum Gasteiger partial charge on any atom is 0.407 e. The minimum Gasteiger partial charge on any atom is -0.465 e. The molecule has 288 valence electrons. The van der Waals surface area contributed by atoms with E-state index in [1.807, 2.05) is 0 Å². The zero-order chi connectivity index (χ0) is 37.6. The molecule has 4 amide bonds. The van der Waals surface area contributed by atoms with Gasteiger partial charge in [-0.25, -0.2) is 4.79 Å². The molecule has 0 saturated carbocycles. The molecule has 2 atom stereocenters. The van der Waals surface area contributed by atoms with Gasteiger partial charge in [0, 0.05) is 39.0 Å². The number of carbonyl (C=O) groups is 6. The van der Waals surface area contributed by atoms with Gasteiger partial charge in [0.15, 0.2) is 5.92 Å². The summed E-state index contributed by atoms with van der Waals surface area (Å²) in [5.41, 5.74) is -1.50. The van der Waals surface area contributed by atoms with Gasteiger partial charge in [-0.2, -0.15) is 0 Å². The van der Waals surface area contributed by atoms with Gasteiger partial charge in [0.05, 0.1) is 86.4 Å². The van der Waals surface area contributed by atoms with Crippen LogP contribution in [0.15, 0.2) is 0 Å². The van der Waals surface area contributed by atoms with Gasteiger partial charge in [0.25, 0.3) is 0 Å². The average Bonchev–Trinajstić information content (AvgIpc) is 3.57. The molecular weight excluding hydrogens is 654 g/mol. The predicted molar refractivity (Wildman–Crippen MR) is 184 cm³/mol. The molecule has 16 nitrogen and oxygen atoms in total. The summed E-state index contributed by atoms with van der Waals surface area (Å²) in [4.78, 5) is 75.9. The van der Waals surface area contributed by atoms with E-state index in [9.17, 15) is 28.8 Å². The fraction of sp³-hybridized carbons (Fsp3) is 0.824. The molecule has 0 radical (unpaired) electrons. The van der Waals surface area contributed by atoms with Crippen LogP contribution in [-0.2, 0) is 47.7 Å². The first kappa shape index (κ1) is 44.7. The summed E-state index contributed by atoms with van der Waals surface area (Å²) in [6.45, 7) is 10.7. The summed E-state index contributed by atoms with van der Waals surface area (Å²) in [6.07, 6.45) is 2.53. The lowest BCUT2D eigenvalue weighted by Crippen LogP contribution is -2.56. The van der Waals surface area contributed by atoms with E-state index in [1.54, 1.807) is 18.7 Å². The lowest BCUT2D eigenvalue weighted by molar-refractivity contribution is -0.870. The number of ether oxygens (including phenoxy) is 5. The SMILES string of the molecule is CC(C)C(C=O)NC(=O)C(C(=O)N1CCCC1)C(C)(C)OC(=O)NCCOCCOCCOCCC(=O)NCCC(=O)OCCC[N+](C)(C)C. The van der Waals surface area contributed by atoms with Crippen LogP contribution in [0, 0.1) is 11.8 Å². The number of hydrogen-bond donors (Lipinski definition) is 3. The number of nitrogens with one attached hydrogen (secondary N) is 3. The smallest absolute Gasteiger partial charge is 0.407 e. The maximum absolute atomic E-state index is 13.3. The molecule has 0 bridgehead atoms. The van der Waals surface area contributed by atoms with Crippen LogP contribution >= 0.6 is 0 Å². The minimum absolute atomic E-state index is 0.121. The molecule has 50 heavy (non-hydrogen) atoms. The van der Waals surface area contributed by atoms with Crippen LogP contribution in [0.3, 0.4) is 0 Å². The zero-order valence-corrected chi connectivity index (χ0v) is 31.2. The molecule has 1 aliphatic rings. The number of quaternary nitrogens is 1. The first-order valence-electron chi connectivity index (χ1n) is 17.5. The first-order chi connectivity index (χ1) is 23.6. The van der Waals surface area contributed by atoms with Gasteiger partial charge in [-0.05, 0) is 32.6 Å². The third-order valence-electron chi connectivity index (χ3n) is 7.77. The van der Waals surface area contributed by atoms with Crippen molar-refractivity contribution in [1.29, 1.82) is 0 Å². The van der Waals surface area contributed by atoms with Crippen molar-refractivity contribution in [1.82, 2.24) is 20.9 Å². The lowest BCUT2D eigenvalue weighted by Gasteiger charge is -2.35. The maximum atomic E-state index is 13.3. The summed E-state index contributed by atoms with van der Waals surface area (Å²) in [5, 5.41) is 7.86. The molecule has 1 rings (SSSR count). The number of rotatable bonds is 26. The van der Waals surface area contributed by atoms with E-state index in [0.29, 0.717) is 45.8 Å². The molecule has 0 spiro atoms. The van der Waals surface area contributed by atoms with Crippen LogP contribution < -0.4 is 16.0 Å². The number of carbonyl (C=O) groups excluding carboxylic acids is 6. The Balaban J connectivity index is 2.19. The summed E-state index contributed by atoms with van der Waals surface area (Å²) < 4.78 is 27.8. The van der Waals surface area contributed by atoms with Crippen molar-refractivity contribution in [2.75, 3.05) is 100 Å². The summed E-state index contributed by atoms with van der Waals surface area (Å²) in [7, 11) is 6.22. The molecule has 0 aromatic heterocycles. The van der Waals surface area contributed by atoms with Crippen LogP contribution in [0.1, 0.15) is 59.8 Å². The Kier molecular flexibility index (Phi) is 21.4. The van der Waals surface area contributed by atoms with Gasteiger partial charge in [-0.1, -0.05) is 13.8 Å². The van der Waals surface area contributed by atoms with Gasteiger partial charge in [-0.3, -0.25) is 19.2 Å². The molecule has 1 heterocycles. The molecule has 0 aromatic carbocycles. The van der Waals surface area contributed by atoms with Crippen LogP contribution in [0.4, 0.5) is 4.79 Å². The molecule has 0 aromatic rings. The Labute approximate surface area is 297 Å². The fourth-order valence-electron chi connectivity index (χ4n) is 4.91. The van der Waals surface area contributed by atoms with Crippen molar-refractivity contribution in [3.63, 3.8) is 0 Å². The Morgan fingerprint density at radius 1 is 0.820 bits per heavy atom. The summed E-state index contributed by atoms with van der Waals surface area (Å²) >= 11 is 0. The second kappa shape index (κ2) is 24.0. The first-order valence-corrected chi connectivity index (χ1v) is 17.5. The van der Waals surface area contributed by atoms with Crippen molar-refractivity contribution < 1.29 is 56.9 Å². The number of esters is 1. The third-order valence-corrected chi connectivity index (χ3v) is 7.77. The molecule has 2 unspecified atom stereocenters. The molecule has 1 saturated heterocycles. The molecule has 1 fully saturated rings. The van der Waals surface area contributed by atoms with Crippen molar-refractivity contribution in [3.8, 4) is 0 Å². The van der Waals surface area contributed by atoms with Gasteiger partial charge in [0.2, 0.25) is 17.7 Å². The standard InChI is InChI=1S/C34H61N5O11/c1-26(2)27(25-40)37-31(43)30(32(44)38-15-8-9-16-38)34(3,4)50-33(45)36-14-20-47-22-24-48-23-21-46-19-12-28(41)35-13-11-29(42)49-18-10-17-39(5,6)7/h25-27,30H,8-24H2,1-7H3,(H2-,35,36,37,41,43,45)/p+1. The van der Waals surface area contributed by atoms with Crippen LogP contribution in [-0.4, -0.2) is 157 Å². The highest BCUT2D eigenvalue weighted by Gasteiger charge is 2.46. The van der Waals surface area contributed by atoms with Crippen molar-refractivity contribution in [2.24, 2.45) is 11.8 Å². The number of amides is 4. The number of aldehydes is 1. The van der Waals surface area contributed by atoms with Crippen LogP contribution in [0.2, 0.25) is 0 Å². The fourth-order valence-corrected chi connectivity index (χ4v) is 4.91. The quantitative estimate of drug-likeness (QED) is 0.0375. The van der Waals surface area contributed by atoms with E-state index < -0.39 is 35.5 Å². The van der Waals surface area contributed by atoms with Crippen LogP contribution in [0.25, 0.3) is 0 Å². The Morgan fingerprint density at radius 3 is 2.00 bits per heavy atom. The predicted octanol–water partition coefficient (Wildman–Crippen LogP) is 0.655. The van der Waals surface area contributed by atoms with Crippen molar-refractivity contribution >= 4 is 36.1 Å². The molecule has 1 aliphatic heterocycles. The molecule has 16 heteroatoms. The van der Waals surface area contributed by atoms with E-state index >= 15 is 0 Å². The van der Waals surface area contributed by atoms with E-state index in [0.717, 1.165) is 30.3 Å². The molecule has 3 N–H and O–H groups in total. The van der Waals surface area contributed by atoms with E-state index in [2.05, 4.69) is 37.1 Å². The van der Waals surface area contributed by atoms with E-state index in [-0.39, 0.29) is 63.5 Å². The van der Waals surface area contributed by atoms with Crippen LogP contribution in [0.5, 0.6) is 0 Å². The molecule has 0 aliphatic carbocycles. The number of hydrogen-bond acceptors (Lipinski definition) is 11. The largest absolute Gasteiger partial charge is 0.465 e. The highest BCUT2D eigenvalue weighted by atomic mass is 16.6. The number of alkyl carbamates (subject to hydrolysis) is 1.